The molecule has 1 aromatic heterocycles. The Morgan fingerprint density at radius 2 is 1.97 bits per heavy atom. The number of hydrogen-bond donors (Lipinski definition) is 1. The van der Waals surface area contributed by atoms with Crippen LogP contribution in [-0.4, -0.2) is 95.6 Å². The number of amides is 1. The maximum Gasteiger partial charge on any atom is 0.233 e. The van der Waals surface area contributed by atoms with Crippen molar-refractivity contribution in [2.45, 2.75) is 24.2 Å². The van der Waals surface area contributed by atoms with E-state index in [-0.39, 0.29) is 35.8 Å². The number of thioether (sulfide) groups is 1. The van der Waals surface area contributed by atoms with Gasteiger partial charge >= 0.3 is 0 Å². The molecule has 180 valence electrons. The first-order chi connectivity index (χ1) is 15.8. The highest BCUT2D eigenvalue weighted by Crippen LogP contribution is 2.22. The fourth-order valence-corrected chi connectivity index (χ4v) is 6.50. The zero-order valence-electron chi connectivity index (χ0n) is 18.4. The van der Waals surface area contributed by atoms with E-state index in [1.807, 2.05) is 12.1 Å². The number of nitrogens with two attached hydrogens (primary N) is 1. The van der Waals surface area contributed by atoms with Crippen molar-refractivity contribution in [1.82, 2.24) is 24.7 Å². The van der Waals surface area contributed by atoms with Crippen molar-refractivity contribution in [3.8, 4) is 11.5 Å². The Kier molecular flexibility index (Phi) is 7.29. The highest BCUT2D eigenvalue weighted by Gasteiger charge is 2.34. The summed E-state index contributed by atoms with van der Waals surface area (Å²) in [4.78, 5) is 16.6. The van der Waals surface area contributed by atoms with Gasteiger partial charge in [0.1, 0.15) is 18.1 Å². The molecule has 3 heterocycles. The van der Waals surface area contributed by atoms with Crippen LogP contribution in [0.2, 0.25) is 0 Å². The van der Waals surface area contributed by atoms with Crippen LogP contribution in [0.4, 0.5) is 0 Å². The zero-order valence-corrected chi connectivity index (χ0v) is 20.1. The molecule has 0 aliphatic carbocycles. The Balaban J connectivity index is 1.23. The third-order valence-corrected chi connectivity index (χ3v) is 8.54. The van der Waals surface area contributed by atoms with Gasteiger partial charge in [0, 0.05) is 38.3 Å². The SMILES string of the molecule is COc1cccc(OCc2nnc(SCC(=O)N3CCN(C4CCS(=O)(=O)C4)CC3)n2N)c1. The largest absolute Gasteiger partial charge is 0.497 e. The first-order valence-electron chi connectivity index (χ1n) is 10.7. The number of benzene rings is 1. The van der Waals surface area contributed by atoms with Crippen LogP contribution in [0.3, 0.4) is 0 Å². The van der Waals surface area contributed by atoms with E-state index in [4.69, 9.17) is 15.3 Å². The second-order valence-corrected chi connectivity index (χ2v) is 11.2. The Morgan fingerprint density at radius 3 is 2.67 bits per heavy atom. The van der Waals surface area contributed by atoms with Crippen LogP contribution in [0.25, 0.3) is 0 Å². The summed E-state index contributed by atoms with van der Waals surface area (Å²) in [5, 5.41) is 8.56. The molecule has 0 bridgehead atoms. The Bertz CT molecular complexity index is 1080. The molecule has 2 aliphatic heterocycles. The first-order valence-corrected chi connectivity index (χ1v) is 13.5. The molecule has 1 aromatic carbocycles. The van der Waals surface area contributed by atoms with Gasteiger partial charge in [0.05, 0.1) is 24.4 Å². The van der Waals surface area contributed by atoms with Crippen molar-refractivity contribution in [3.63, 3.8) is 0 Å². The van der Waals surface area contributed by atoms with Gasteiger partial charge in [-0.3, -0.25) is 9.69 Å². The summed E-state index contributed by atoms with van der Waals surface area (Å²) in [6, 6.07) is 7.29. The normalized spacial score (nSPS) is 20.6. The number of aromatic nitrogens is 3. The fourth-order valence-electron chi connectivity index (χ4n) is 3.96. The van der Waals surface area contributed by atoms with E-state index in [1.165, 1.54) is 16.4 Å². The van der Waals surface area contributed by atoms with Crippen molar-refractivity contribution in [2.24, 2.45) is 0 Å². The fraction of sp³-hybridized carbons (Fsp3) is 0.550. The second-order valence-electron chi connectivity index (χ2n) is 8.00. The molecule has 0 spiro atoms. The number of methoxy groups -OCH3 is 1. The summed E-state index contributed by atoms with van der Waals surface area (Å²) < 4.78 is 35.6. The minimum Gasteiger partial charge on any atom is -0.497 e. The standard InChI is InChI=1S/C20H28N6O5S2/c1-30-16-3-2-4-17(11-16)31-12-18-22-23-20(26(18)21)32-13-19(27)25-8-6-24(7-9-25)15-5-10-33(28,29)14-15/h2-4,11,15H,5-10,12-14,21H2,1H3. The van der Waals surface area contributed by atoms with Crippen molar-refractivity contribution >= 4 is 27.5 Å². The van der Waals surface area contributed by atoms with Crippen LogP contribution in [0, 0.1) is 0 Å². The van der Waals surface area contributed by atoms with E-state index in [2.05, 4.69) is 15.1 Å². The summed E-state index contributed by atoms with van der Waals surface area (Å²) in [7, 11) is -1.32. The van der Waals surface area contributed by atoms with E-state index in [9.17, 15) is 13.2 Å². The number of piperazine rings is 1. The number of nitrogens with zero attached hydrogens (tertiary/aromatic N) is 5. The average Bonchev–Trinajstić information content (AvgIpc) is 3.37. The van der Waals surface area contributed by atoms with Crippen molar-refractivity contribution in [2.75, 3.05) is 56.4 Å². The molecule has 2 N–H and O–H groups in total. The zero-order chi connectivity index (χ0) is 23.4. The van der Waals surface area contributed by atoms with E-state index in [0.29, 0.717) is 55.1 Å². The number of carbonyl (C=O) groups is 1. The monoisotopic (exact) mass is 496 g/mol. The molecular weight excluding hydrogens is 468 g/mol. The highest BCUT2D eigenvalue weighted by atomic mass is 32.2. The van der Waals surface area contributed by atoms with E-state index in [0.717, 1.165) is 0 Å². The molecule has 11 nitrogen and oxygen atoms in total. The predicted molar refractivity (Wildman–Crippen MR) is 123 cm³/mol. The van der Waals surface area contributed by atoms with Crippen molar-refractivity contribution < 1.29 is 22.7 Å². The van der Waals surface area contributed by atoms with Crippen LogP contribution in [0.5, 0.6) is 11.5 Å². The van der Waals surface area contributed by atoms with E-state index in [1.54, 1.807) is 24.1 Å². The van der Waals surface area contributed by atoms with Crippen LogP contribution in [-0.2, 0) is 21.2 Å². The molecule has 0 radical (unpaired) electrons. The van der Waals surface area contributed by atoms with Gasteiger partial charge < -0.3 is 20.2 Å². The minimum absolute atomic E-state index is 0.00382. The summed E-state index contributed by atoms with van der Waals surface area (Å²) >= 11 is 1.23. The highest BCUT2D eigenvalue weighted by molar-refractivity contribution is 7.99. The van der Waals surface area contributed by atoms with Gasteiger partial charge in [-0.2, -0.15) is 0 Å². The maximum atomic E-state index is 12.6. The van der Waals surface area contributed by atoms with Gasteiger partial charge in [-0.1, -0.05) is 17.8 Å². The van der Waals surface area contributed by atoms with Crippen LogP contribution in [0.1, 0.15) is 12.2 Å². The van der Waals surface area contributed by atoms with Crippen LogP contribution in [0.15, 0.2) is 29.4 Å². The lowest BCUT2D eigenvalue weighted by Crippen LogP contribution is -2.52. The molecule has 1 unspecified atom stereocenters. The molecule has 2 aliphatic rings. The number of nitrogen functional groups attached to an aromatic ring is 1. The molecule has 2 fully saturated rings. The summed E-state index contributed by atoms with van der Waals surface area (Å²) in [5.41, 5.74) is 0. The molecule has 13 heteroatoms. The van der Waals surface area contributed by atoms with Gasteiger partial charge in [0.2, 0.25) is 11.1 Å². The number of sulfone groups is 1. The van der Waals surface area contributed by atoms with Crippen LogP contribution < -0.4 is 15.3 Å². The molecule has 1 atom stereocenters. The third kappa shape index (κ3) is 5.89. The first kappa shape index (κ1) is 23.6. The van der Waals surface area contributed by atoms with Crippen LogP contribution >= 0.6 is 11.8 Å². The van der Waals surface area contributed by atoms with Gasteiger partial charge in [-0.25, -0.2) is 13.1 Å². The molecule has 0 saturated carbocycles. The van der Waals surface area contributed by atoms with Gasteiger partial charge in [0.25, 0.3) is 0 Å². The molecule has 2 aromatic rings. The van der Waals surface area contributed by atoms with E-state index < -0.39 is 9.84 Å². The van der Waals surface area contributed by atoms with Gasteiger partial charge in [-0.05, 0) is 18.6 Å². The topological polar surface area (TPSA) is 133 Å². The maximum absolute atomic E-state index is 12.6. The molecule has 2 saturated heterocycles. The lowest BCUT2D eigenvalue weighted by Gasteiger charge is -2.37. The number of carbonyl (C=O) groups excluding carboxylic acids is 1. The number of hydrogen-bond acceptors (Lipinski definition) is 10. The van der Waals surface area contributed by atoms with Crippen molar-refractivity contribution in [3.05, 3.63) is 30.1 Å². The molecular formula is C20H28N6O5S2. The summed E-state index contributed by atoms with van der Waals surface area (Å²) in [5.74, 6) is 8.52. The molecule has 4 rings (SSSR count). The molecule has 1 amide bonds. The Labute approximate surface area is 197 Å². The number of rotatable bonds is 8. The summed E-state index contributed by atoms with van der Waals surface area (Å²) in [6.45, 7) is 2.69. The second kappa shape index (κ2) is 10.2. The Morgan fingerprint density at radius 1 is 1.21 bits per heavy atom. The minimum atomic E-state index is -2.91. The van der Waals surface area contributed by atoms with Gasteiger partial charge in [0.15, 0.2) is 15.7 Å². The lowest BCUT2D eigenvalue weighted by molar-refractivity contribution is -0.130. The van der Waals surface area contributed by atoms with Crippen molar-refractivity contribution in [1.29, 1.82) is 0 Å². The molecule has 33 heavy (non-hydrogen) atoms. The quantitative estimate of drug-likeness (QED) is 0.393. The van der Waals surface area contributed by atoms with E-state index >= 15 is 0 Å². The summed E-state index contributed by atoms with van der Waals surface area (Å²) in [6.07, 6.45) is 0.683. The average molecular weight is 497 g/mol. The smallest absolute Gasteiger partial charge is 0.233 e. The predicted octanol–water partition coefficient (Wildman–Crippen LogP) is 0.00290. The van der Waals surface area contributed by atoms with Gasteiger partial charge in [-0.15, -0.1) is 10.2 Å². The Hall–Kier alpha value is -2.51. The third-order valence-electron chi connectivity index (χ3n) is 5.86. The lowest BCUT2D eigenvalue weighted by atomic mass is 10.2. The number of ether oxygens (including phenoxy) is 2.